The summed E-state index contributed by atoms with van der Waals surface area (Å²) in [6, 6.07) is 30.0. The molecule has 1 aliphatic carbocycles. The summed E-state index contributed by atoms with van der Waals surface area (Å²) in [7, 11) is 0. The highest BCUT2D eigenvalue weighted by molar-refractivity contribution is 6.06. The smallest absolute Gasteiger partial charge is 0.000730 e. The first-order valence-electron chi connectivity index (χ1n) is 29.7. The van der Waals surface area contributed by atoms with E-state index in [9.17, 15) is 0 Å². The highest BCUT2D eigenvalue weighted by atomic mass is 14.4. The minimum atomic E-state index is -0.188. The quantitative estimate of drug-likeness (QED) is 0.142. The van der Waals surface area contributed by atoms with Crippen LogP contribution in [-0.2, 0) is 69.0 Å². The van der Waals surface area contributed by atoms with Gasteiger partial charge in [0, 0.05) is 0 Å². The second-order valence-corrected chi connectivity index (χ2v) is 31.3. The average molecular weight is 1020 g/mol. The first-order chi connectivity index (χ1) is 34.7. The van der Waals surface area contributed by atoms with Crippen molar-refractivity contribution < 1.29 is 0 Å². The molecule has 0 spiro atoms. The lowest BCUT2D eigenvalue weighted by atomic mass is 9.65. The van der Waals surface area contributed by atoms with Crippen LogP contribution in [0.2, 0.25) is 0 Å². The molecule has 0 fully saturated rings. The molecule has 0 saturated carbocycles. The molecule has 0 N–H and O–H groups in total. The summed E-state index contributed by atoms with van der Waals surface area (Å²) in [6.45, 7) is 68.5. The molecule has 0 bridgehead atoms. The Morgan fingerprint density at radius 3 is 0.605 bits per heavy atom. The van der Waals surface area contributed by atoms with E-state index in [0.717, 1.165) is 25.7 Å². The van der Waals surface area contributed by atoms with Gasteiger partial charge in [0.15, 0.2) is 0 Å². The van der Waals surface area contributed by atoms with E-state index >= 15 is 0 Å². The lowest BCUT2D eigenvalue weighted by Gasteiger charge is -2.38. The maximum atomic E-state index is 2.61. The maximum Gasteiger partial charge on any atom is -0.000730 e. The molecule has 6 aromatic rings. The van der Waals surface area contributed by atoms with Gasteiger partial charge in [0.1, 0.15) is 0 Å². The lowest BCUT2D eigenvalue weighted by Crippen LogP contribution is -2.25. The Labute approximate surface area is 465 Å². The minimum absolute atomic E-state index is 0.0237. The molecule has 0 nitrogen and oxygen atoms in total. The van der Waals surface area contributed by atoms with Gasteiger partial charge in [0.05, 0.1) is 0 Å². The lowest BCUT2D eigenvalue weighted by molar-refractivity contribution is 0.556. The van der Waals surface area contributed by atoms with E-state index in [1.54, 1.807) is 0 Å². The Kier molecular flexibility index (Phi) is 15.2. The van der Waals surface area contributed by atoms with Crippen molar-refractivity contribution in [2.24, 2.45) is 0 Å². The molecule has 0 atom stereocenters. The Hall–Kier alpha value is -4.68. The van der Waals surface area contributed by atoms with Crippen LogP contribution in [0.3, 0.4) is 0 Å². The van der Waals surface area contributed by atoms with Crippen LogP contribution in [0.4, 0.5) is 0 Å². The molecule has 1 aliphatic rings. The maximum absolute atomic E-state index is 2.61. The number of fused-ring (bicyclic) bond motifs is 2. The Balaban J connectivity index is 2.07. The van der Waals surface area contributed by atoms with Crippen molar-refractivity contribution in [3.63, 3.8) is 0 Å². The third-order valence-corrected chi connectivity index (χ3v) is 16.9. The van der Waals surface area contributed by atoms with Gasteiger partial charge >= 0.3 is 0 Å². The highest BCUT2D eigenvalue weighted by Gasteiger charge is 2.39. The molecule has 0 heteroatoms. The molecule has 0 heterocycles. The highest BCUT2D eigenvalue weighted by Crippen LogP contribution is 2.57. The fraction of sp³-hybridized carbons (Fsp3) is 0.526. The first-order valence-corrected chi connectivity index (χ1v) is 29.7. The summed E-state index contributed by atoms with van der Waals surface area (Å²) in [5, 5.41) is 5.56. The van der Waals surface area contributed by atoms with Crippen LogP contribution >= 0.6 is 0 Å². The average Bonchev–Trinajstić information content (AvgIpc) is 3.27. The monoisotopic (exact) mass is 1020 g/mol. The Morgan fingerprint density at radius 1 is 0.237 bits per heavy atom. The van der Waals surface area contributed by atoms with Gasteiger partial charge in [-0.15, -0.1) is 0 Å². The normalized spacial score (nSPS) is 13.7. The van der Waals surface area contributed by atoms with Gasteiger partial charge in [0.25, 0.3) is 0 Å². The molecular formula is C76H104. The van der Waals surface area contributed by atoms with Gasteiger partial charge in [-0.3, -0.25) is 0 Å². The van der Waals surface area contributed by atoms with E-state index in [1.807, 2.05) is 0 Å². The van der Waals surface area contributed by atoms with Gasteiger partial charge < -0.3 is 0 Å². The molecule has 0 saturated heterocycles. The predicted molar refractivity (Wildman–Crippen MR) is 337 cm³/mol. The standard InChI is InChI=1S/C76H104/c1-29-45-55(69(5,6)7)41-37-51(65(45)73(17,18)19)61-59-49-35-33-34-36-50(49)60(59)62(52-38-42-56(70(8,9)10)46(30-2)66(52)74(20,21)22)64(54-40-44-58(72(14,15)16)48(32-4)68(54)76(26,27)28)63(61)53-39-43-57(71(11,12)13)47(31-3)67(53)75(23,24)25/h33-44H,29-32H2,1-28H3. The molecule has 6 aromatic carbocycles. The van der Waals surface area contributed by atoms with Crippen LogP contribution < -0.4 is 0 Å². The van der Waals surface area contributed by atoms with Crippen molar-refractivity contribution in [3.8, 4) is 44.5 Å². The summed E-state index contributed by atoms with van der Waals surface area (Å²) >= 11 is 0. The third-order valence-electron chi connectivity index (χ3n) is 16.9. The van der Waals surface area contributed by atoms with E-state index in [4.69, 9.17) is 0 Å². The molecule has 0 unspecified atom stereocenters. The molecule has 7 rings (SSSR count). The summed E-state index contributed by atoms with van der Waals surface area (Å²) in [5.41, 5.74) is 28.1. The molecule has 408 valence electrons. The van der Waals surface area contributed by atoms with Crippen LogP contribution in [0.5, 0.6) is 0 Å². The van der Waals surface area contributed by atoms with Crippen LogP contribution in [0.1, 0.15) is 261 Å². The van der Waals surface area contributed by atoms with E-state index in [-0.39, 0.29) is 43.3 Å². The molecule has 0 aliphatic heterocycles. The van der Waals surface area contributed by atoms with Gasteiger partial charge in [-0.2, -0.15) is 0 Å². The zero-order chi connectivity index (χ0) is 57.2. The SMILES string of the molecule is CCc1c(C(C)(C)C)ccc(-c2c(-c3ccc(C(C)(C)C)c(CC)c3C(C)(C)C)c(-c3ccc(C(C)(C)C)c(CC)c3C(C)(C)C)c3c(c2-c2ccc(C(C)(C)C)c(CC)c2C(C)(C)C)=c2ccccc2=3)c1C(C)(C)C. The van der Waals surface area contributed by atoms with Crippen molar-refractivity contribution in [1.82, 2.24) is 0 Å². The van der Waals surface area contributed by atoms with Crippen LogP contribution in [0.15, 0.2) is 72.8 Å². The number of benzene rings is 6. The van der Waals surface area contributed by atoms with Crippen molar-refractivity contribution in [1.29, 1.82) is 0 Å². The number of hydrogen-bond donors (Lipinski definition) is 0. The Morgan fingerprint density at radius 2 is 0.434 bits per heavy atom. The third kappa shape index (κ3) is 10.2. The van der Waals surface area contributed by atoms with E-state index in [2.05, 4.69) is 267 Å². The van der Waals surface area contributed by atoms with Crippen LogP contribution in [-0.4, -0.2) is 0 Å². The summed E-state index contributed by atoms with van der Waals surface area (Å²) in [6.07, 6.45) is 3.86. The van der Waals surface area contributed by atoms with Crippen LogP contribution in [0.25, 0.3) is 44.5 Å². The zero-order valence-electron chi connectivity index (χ0n) is 53.8. The van der Waals surface area contributed by atoms with Crippen molar-refractivity contribution in [3.05, 3.63) is 160 Å². The number of rotatable bonds is 8. The summed E-state index contributed by atoms with van der Waals surface area (Å²) in [4.78, 5) is 0. The van der Waals surface area contributed by atoms with Crippen molar-refractivity contribution >= 4 is 0 Å². The van der Waals surface area contributed by atoms with Crippen molar-refractivity contribution in [2.75, 3.05) is 0 Å². The van der Waals surface area contributed by atoms with E-state index in [1.165, 1.54) is 132 Å². The minimum Gasteiger partial charge on any atom is -0.0616 e. The second-order valence-electron chi connectivity index (χ2n) is 31.3. The van der Waals surface area contributed by atoms with Gasteiger partial charge in [-0.1, -0.05) is 267 Å². The van der Waals surface area contributed by atoms with Crippen molar-refractivity contribution in [2.45, 2.75) is 263 Å². The Bertz CT molecular complexity index is 3200. The van der Waals surface area contributed by atoms with Gasteiger partial charge in [-0.05, 0) is 201 Å². The van der Waals surface area contributed by atoms with Gasteiger partial charge in [0.2, 0.25) is 0 Å². The zero-order valence-corrected chi connectivity index (χ0v) is 53.8. The summed E-state index contributed by atoms with van der Waals surface area (Å²) in [5.74, 6) is 0. The predicted octanol–water partition coefficient (Wildman–Crippen LogP) is 21.9. The second kappa shape index (κ2) is 19.6. The summed E-state index contributed by atoms with van der Waals surface area (Å²) < 4.78 is 0. The fourth-order valence-corrected chi connectivity index (χ4v) is 14.4. The van der Waals surface area contributed by atoms with E-state index in [0.29, 0.717) is 0 Å². The molecule has 0 amide bonds. The molecule has 0 radical (unpaired) electrons. The fourth-order valence-electron chi connectivity index (χ4n) is 14.4. The largest absolute Gasteiger partial charge is 0.0616 e. The molecule has 76 heavy (non-hydrogen) atoms. The van der Waals surface area contributed by atoms with Crippen LogP contribution in [0, 0.1) is 20.9 Å². The van der Waals surface area contributed by atoms with E-state index < -0.39 is 0 Å². The number of hydrogen-bond acceptors (Lipinski definition) is 0. The topological polar surface area (TPSA) is 0 Å². The molecular weight excluding hydrogens is 913 g/mol. The van der Waals surface area contributed by atoms with Gasteiger partial charge in [-0.25, -0.2) is 0 Å². The first kappa shape index (κ1) is 59.0. The molecule has 0 aromatic heterocycles.